The average molecular weight is 341 g/mol. The Kier molecular flexibility index (Phi) is 5.21. The Balaban J connectivity index is 0.00000147. The van der Waals surface area contributed by atoms with Crippen molar-refractivity contribution in [2.75, 3.05) is 6.51 Å². The van der Waals surface area contributed by atoms with E-state index in [1.807, 2.05) is 12.3 Å². The van der Waals surface area contributed by atoms with Crippen LogP contribution in [0, 0.1) is 6.92 Å². The van der Waals surface area contributed by atoms with E-state index in [1.54, 1.807) is 12.1 Å². The van der Waals surface area contributed by atoms with Gasteiger partial charge in [-0.2, -0.15) is 0 Å². The van der Waals surface area contributed by atoms with Crippen LogP contribution in [-0.4, -0.2) is 18.5 Å². The number of nitrogens with zero attached hydrogens (tertiary/aromatic N) is 1. The molecule has 0 amide bonds. The predicted molar refractivity (Wildman–Crippen MR) is 74.3 cm³/mol. The zero-order chi connectivity index (χ0) is 13.6. The third kappa shape index (κ3) is 3.40. The van der Waals surface area contributed by atoms with Gasteiger partial charge in [-0.25, -0.2) is 4.98 Å². The maximum Gasteiger partial charge on any atom is 1.00 e. The number of rotatable bonds is 3. The van der Waals surface area contributed by atoms with Crippen LogP contribution in [0.5, 0.6) is 5.75 Å². The maximum absolute atomic E-state index is 12.3. The van der Waals surface area contributed by atoms with Gasteiger partial charge in [-0.15, -0.1) is 22.7 Å². The van der Waals surface area contributed by atoms with Crippen LogP contribution in [0.2, 0.25) is 0 Å². The van der Waals surface area contributed by atoms with Gasteiger partial charge in [-0.1, -0.05) is 0 Å². The van der Waals surface area contributed by atoms with Crippen molar-refractivity contribution in [2.45, 2.75) is 6.92 Å². The van der Waals surface area contributed by atoms with Gasteiger partial charge < -0.3 is 17.7 Å². The van der Waals surface area contributed by atoms with Crippen LogP contribution < -0.4 is 56.1 Å². The summed E-state index contributed by atoms with van der Waals surface area (Å²) < 4.78 is 43.6. The molecule has 1 aromatic carbocycles. The number of aryl methyl sites for hydroxylation is 1. The van der Waals surface area contributed by atoms with Crippen molar-refractivity contribution in [3.8, 4) is 5.75 Å². The number of thiazole rings is 1. The molecule has 0 unspecified atom stereocenters. The number of halogens is 3. The molecule has 0 N–H and O–H groups in total. The summed E-state index contributed by atoms with van der Waals surface area (Å²) in [5, 5.41) is 3.43. The van der Waals surface area contributed by atoms with Gasteiger partial charge in [0.15, 0.2) is 0 Å². The Morgan fingerprint density at radius 3 is 2.80 bits per heavy atom. The molecule has 2 heterocycles. The summed E-state index contributed by atoms with van der Waals surface area (Å²) in [5.74, 6) is 0.284. The van der Waals surface area contributed by atoms with E-state index >= 15 is 0 Å². The van der Waals surface area contributed by atoms with Crippen LogP contribution in [0.15, 0.2) is 17.5 Å². The maximum atomic E-state index is 12.3. The first-order chi connectivity index (χ1) is 8.94. The zero-order valence-corrected chi connectivity index (χ0v) is 15.6. The van der Waals surface area contributed by atoms with Crippen LogP contribution in [0.1, 0.15) is 5.01 Å². The fraction of sp³-hybridized carbons (Fsp3) is 0.182. The van der Waals surface area contributed by atoms with E-state index < -0.39 is 13.5 Å². The van der Waals surface area contributed by atoms with Gasteiger partial charge in [0.25, 0.3) is 0 Å². The average Bonchev–Trinajstić information content (AvgIpc) is 2.89. The van der Waals surface area contributed by atoms with Crippen LogP contribution in [0.4, 0.5) is 12.9 Å². The minimum atomic E-state index is -4.95. The molecule has 20 heavy (non-hydrogen) atoms. The molecular weight excluding hydrogens is 333 g/mol. The van der Waals surface area contributed by atoms with E-state index in [1.165, 1.54) is 22.7 Å². The molecule has 100 valence electrons. The molecule has 0 aliphatic heterocycles. The van der Waals surface area contributed by atoms with Crippen LogP contribution in [0.3, 0.4) is 0 Å². The van der Waals surface area contributed by atoms with Gasteiger partial charge in [0.1, 0.15) is 5.75 Å². The number of fused-ring (bicyclic) bond motifs is 3. The monoisotopic (exact) mass is 341 g/mol. The normalized spacial score (nSPS) is 11.8. The first-order valence-corrected chi connectivity index (χ1v) is 7.25. The molecule has 0 spiro atoms. The van der Waals surface area contributed by atoms with Crippen molar-refractivity contribution >= 4 is 50.0 Å². The number of aromatic nitrogens is 1. The second-order valence-electron chi connectivity index (χ2n) is 4.14. The smallest absolute Gasteiger partial charge is 0.521 e. The summed E-state index contributed by atoms with van der Waals surface area (Å²) in [6.07, 6.45) is 0. The fourth-order valence-electron chi connectivity index (χ4n) is 1.89. The van der Waals surface area contributed by atoms with Crippen molar-refractivity contribution in [1.82, 2.24) is 4.98 Å². The van der Waals surface area contributed by atoms with E-state index in [0.29, 0.717) is 5.39 Å². The summed E-state index contributed by atoms with van der Waals surface area (Å²) >= 11 is 2.92. The van der Waals surface area contributed by atoms with E-state index in [2.05, 4.69) is 4.98 Å². The quantitative estimate of drug-likeness (QED) is 0.675. The Bertz CT molecular complexity index is 755. The Hall–Kier alpha value is 0.361. The topological polar surface area (TPSA) is 22.1 Å². The fourth-order valence-corrected chi connectivity index (χ4v) is 3.72. The first kappa shape index (κ1) is 16.7. The van der Waals surface area contributed by atoms with E-state index in [-0.39, 0.29) is 57.1 Å². The number of ether oxygens (including phenoxy) is 1. The van der Waals surface area contributed by atoms with E-state index in [9.17, 15) is 12.9 Å². The molecular formula is C11H8BF3KNOS2. The standard InChI is InChI=1S/C11H8BF3NOS2.K/c1-6-16-10-9(19-6)4-8(17-5-12(13,14)15)7-2-3-18-11(7)10;/h2-4H,5H2,1H3;/q-1;+1. The van der Waals surface area contributed by atoms with Crippen LogP contribution in [0.25, 0.3) is 20.3 Å². The minimum absolute atomic E-state index is 0. The molecule has 3 aromatic rings. The summed E-state index contributed by atoms with van der Waals surface area (Å²) in [4.78, 5) is 4.42. The molecule has 0 atom stereocenters. The van der Waals surface area contributed by atoms with Gasteiger partial charge in [0.05, 0.1) is 26.4 Å². The largest absolute Gasteiger partial charge is 1.00 e. The molecule has 0 radical (unpaired) electrons. The molecule has 2 nitrogen and oxygen atoms in total. The minimum Gasteiger partial charge on any atom is -0.521 e. The molecule has 0 aliphatic carbocycles. The number of benzene rings is 1. The molecule has 0 saturated carbocycles. The summed E-state index contributed by atoms with van der Waals surface area (Å²) in [5.41, 5.74) is 0.845. The predicted octanol–water partition coefficient (Wildman–Crippen LogP) is 1.59. The second-order valence-corrected chi connectivity index (χ2v) is 6.29. The Morgan fingerprint density at radius 1 is 1.35 bits per heavy atom. The van der Waals surface area contributed by atoms with E-state index in [4.69, 9.17) is 4.74 Å². The molecule has 0 bridgehead atoms. The van der Waals surface area contributed by atoms with Crippen LogP contribution >= 0.6 is 22.7 Å². The van der Waals surface area contributed by atoms with Crippen molar-refractivity contribution in [2.24, 2.45) is 0 Å². The van der Waals surface area contributed by atoms with Gasteiger partial charge >= 0.3 is 58.4 Å². The van der Waals surface area contributed by atoms with Crippen molar-refractivity contribution in [3.05, 3.63) is 22.5 Å². The summed E-state index contributed by atoms with van der Waals surface area (Å²) in [6, 6.07) is 3.42. The van der Waals surface area contributed by atoms with Gasteiger partial charge in [-0.05, 0) is 18.4 Å². The first-order valence-electron chi connectivity index (χ1n) is 5.55. The van der Waals surface area contributed by atoms with Gasteiger partial charge in [-0.3, -0.25) is 0 Å². The second kappa shape index (κ2) is 6.23. The summed E-state index contributed by atoms with van der Waals surface area (Å²) in [6.45, 7) is -4.28. The number of thiophene rings is 1. The van der Waals surface area contributed by atoms with Crippen molar-refractivity contribution in [3.63, 3.8) is 0 Å². The SMILES string of the molecule is Cc1nc2c(cc(OC[B-](F)(F)F)c3ccsc32)s1.[K+]. The number of hydrogen-bond donors (Lipinski definition) is 0. The van der Waals surface area contributed by atoms with Crippen molar-refractivity contribution in [1.29, 1.82) is 0 Å². The van der Waals surface area contributed by atoms with Crippen molar-refractivity contribution < 1.29 is 69.1 Å². The molecule has 0 saturated heterocycles. The van der Waals surface area contributed by atoms with E-state index in [0.717, 1.165) is 19.9 Å². The number of hydrogen-bond acceptors (Lipinski definition) is 4. The third-order valence-corrected chi connectivity index (χ3v) is 4.44. The third-order valence-electron chi connectivity index (χ3n) is 2.60. The molecule has 9 heteroatoms. The molecule has 3 rings (SSSR count). The molecule has 2 aromatic heterocycles. The zero-order valence-electron chi connectivity index (χ0n) is 10.8. The van der Waals surface area contributed by atoms with Gasteiger partial charge in [0.2, 0.25) is 0 Å². The van der Waals surface area contributed by atoms with Gasteiger partial charge in [0, 0.05) is 11.5 Å². The molecule has 0 aliphatic rings. The Labute approximate surface area is 163 Å². The summed E-state index contributed by atoms with van der Waals surface area (Å²) in [7, 11) is 0. The van der Waals surface area contributed by atoms with Crippen LogP contribution in [-0.2, 0) is 0 Å². The Morgan fingerprint density at radius 2 is 2.10 bits per heavy atom. The molecule has 0 fully saturated rings.